The minimum atomic E-state index is 0.119. The van der Waals surface area contributed by atoms with E-state index in [1.165, 1.54) is 4.90 Å². The van der Waals surface area contributed by atoms with Crippen molar-refractivity contribution in [1.82, 2.24) is 9.88 Å². The van der Waals surface area contributed by atoms with E-state index in [2.05, 4.69) is 9.88 Å². The summed E-state index contributed by atoms with van der Waals surface area (Å²) in [5, 5.41) is 0. The van der Waals surface area contributed by atoms with Gasteiger partial charge in [-0.2, -0.15) is 0 Å². The molecule has 4 nitrogen and oxygen atoms in total. The van der Waals surface area contributed by atoms with Crippen LogP contribution in [0.25, 0.3) is 0 Å². The van der Waals surface area contributed by atoms with Crippen LogP contribution >= 0.6 is 11.8 Å². The molecule has 114 valence electrons. The van der Waals surface area contributed by atoms with Gasteiger partial charge in [-0.25, -0.2) is 4.98 Å². The molecule has 2 aromatic rings. The number of pyridine rings is 1. The Labute approximate surface area is 135 Å². The summed E-state index contributed by atoms with van der Waals surface area (Å²) < 4.78 is 0. The molecule has 0 bridgehead atoms. The number of carbonyl (C=O) groups is 1. The van der Waals surface area contributed by atoms with Crippen LogP contribution in [0.5, 0.6) is 0 Å². The van der Waals surface area contributed by atoms with Crippen molar-refractivity contribution in [3.63, 3.8) is 0 Å². The zero-order chi connectivity index (χ0) is 15.4. The summed E-state index contributed by atoms with van der Waals surface area (Å²) >= 11 is 1.68. The molecule has 0 N–H and O–H groups in total. The highest BCUT2D eigenvalue weighted by molar-refractivity contribution is 7.98. The molecule has 1 amide bonds. The number of rotatable bonds is 3. The van der Waals surface area contributed by atoms with Gasteiger partial charge in [0.15, 0.2) is 0 Å². The number of hydrogen-bond acceptors (Lipinski definition) is 4. The molecule has 0 saturated carbocycles. The van der Waals surface area contributed by atoms with E-state index >= 15 is 0 Å². The van der Waals surface area contributed by atoms with Crippen LogP contribution in [0.2, 0.25) is 0 Å². The quantitative estimate of drug-likeness (QED) is 0.817. The standard InChI is InChI=1S/C17H19N3OS/c1-22-15-7-5-14(6-8-15)17(21)20-12-10-19(11-13-20)16-4-2-3-9-18-16/h2-9H,10-13H2,1H3. The van der Waals surface area contributed by atoms with Crippen molar-refractivity contribution in [3.8, 4) is 0 Å². The van der Waals surface area contributed by atoms with Gasteiger partial charge in [-0.3, -0.25) is 4.79 Å². The minimum absolute atomic E-state index is 0.119. The van der Waals surface area contributed by atoms with Gasteiger partial charge in [0.05, 0.1) is 0 Å². The van der Waals surface area contributed by atoms with Gasteiger partial charge in [0.1, 0.15) is 5.82 Å². The first-order valence-corrected chi connectivity index (χ1v) is 8.60. The number of piperazine rings is 1. The lowest BCUT2D eigenvalue weighted by Gasteiger charge is -2.35. The summed E-state index contributed by atoms with van der Waals surface area (Å²) in [6.45, 7) is 3.12. The number of amides is 1. The van der Waals surface area contributed by atoms with Crippen LogP contribution < -0.4 is 4.90 Å². The molecular weight excluding hydrogens is 294 g/mol. The molecule has 0 unspecified atom stereocenters. The van der Waals surface area contributed by atoms with Crippen LogP contribution in [-0.4, -0.2) is 48.2 Å². The number of nitrogens with zero attached hydrogens (tertiary/aromatic N) is 3. The molecule has 0 atom stereocenters. The molecule has 1 fully saturated rings. The third kappa shape index (κ3) is 3.25. The number of benzene rings is 1. The molecule has 3 rings (SSSR count). The fourth-order valence-corrected chi connectivity index (χ4v) is 3.00. The minimum Gasteiger partial charge on any atom is -0.353 e. The van der Waals surface area contributed by atoms with E-state index in [0.717, 1.165) is 37.6 Å². The first kappa shape index (κ1) is 14.9. The van der Waals surface area contributed by atoms with Crippen LogP contribution in [0, 0.1) is 0 Å². The fourth-order valence-electron chi connectivity index (χ4n) is 2.60. The summed E-state index contributed by atoms with van der Waals surface area (Å²) in [5.41, 5.74) is 0.768. The molecule has 5 heteroatoms. The van der Waals surface area contributed by atoms with Gasteiger partial charge in [0.25, 0.3) is 5.91 Å². The van der Waals surface area contributed by atoms with Crippen molar-refractivity contribution in [1.29, 1.82) is 0 Å². The molecule has 2 heterocycles. The van der Waals surface area contributed by atoms with Crippen molar-refractivity contribution in [3.05, 3.63) is 54.2 Å². The second kappa shape index (κ2) is 6.83. The zero-order valence-corrected chi connectivity index (χ0v) is 13.4. The summed E-state index contributed by atoms with van der Waals surface area (Å²) in [6, 6.07) is 13.8. The molecule has 0 spiro atoms. The molecule has 0 aliphatic carbocycles. The molecule has 1 aliphatic heterocycles. The molecule has 1 aliphatic rings. The SMILES string of the molecule is CSc1ccc(C(=O)N2CCN(c3ccccn3)CC2)cc1. The topological polar surface area (TPSA) is 36.4 Å². The maximum absolute atomic E-state index is 12.5. The van der Waals surface area contributed by atoms with Gasteiger partial charge in [-0.15, -0.1) is 11.8 Å². The second-order valence-electron chi connectivity index (χ2n) is 5.20. The number of anilines is 1. The number of aromatic nitrogens is 1. The molecule has 1 aromatic carbocycles. The van der Waals surface area contributed by atoms with Crippen molar-refractivity contribution in [2.24, 2.45) is 0 Å². The first-order chi connectivity index (χ1) is 10.8. The Morgan fingerprint density at radius 3 is 2.36 bits per heavy atom. The van der Waals surface area contributed by atoms with Gasteiger partial charge < -0.3 is 9.80 Å². The molecule has 22 heavy (non-hydrogen) atoms. The van der Waals surface area contributed by atoms with Crippen molar-refractivity contribution in [2.45, 2.75) is 4.90 Å². The fraction of sp³-hybridized carbons (Fsp3) is 0.294. The van der Waals surface area contributed by atoms with Gasteiger partial charge in [0.2, 0.25) is 0 Å². The van der Waals surface area contributed by atoms with E-state index in [1.807, 2.05) is 53.6 Å². The molecule has 0 radical (unpaired) electrons. The Balaban J connectivity index is 1.62. The van der Waals surface area contributed by atoms with Crippen molar-refractivity contribution in [2.75, 3.05) is 37.3 Å². The molecule has 1 aromatic heterocycles. The molecule has 1 saturated heterocycles. The Hall–Kier alpha value is -2.01. The maximum atomic E-state index is 12.5. The Kier molecular flexibility index (Phi) is 4.63. The largest absolute Gasteiger partial charge is 0.353 e. The third-order valence-electron chi connectivity index (χ3n) is 3.88. The number of thioether (sulfide) groups is 1. The van der Waals surface area contributed by atoms with Crippen molar-refractivity contribution >= 4 is 23.5 Å². The lowest BCUT2D eigenvalue weighted by atomic mass is 10.2. The van der Waals surface area contributed by atoms with Crippen molar-refractivity contribution < 1.29 is 4.79 Å². The predicted octanol–water partition coefficient (Wildman–Crippen LogP) is 2.77. The number of hydrogen-bond donors (Lipinski definition) is 0. The Morgan fingerprint density at radius 2 is 1.77 bits per heavy atom. The lowest BCUT2D eigenvalue weighted by molar-refractivity contribution is 0.0746. The van der Waals surface area contributed by atoms with E-state index in [-0.39, 0.29) is 5.91 Å². The Bertz CT molecular complexity index is 622. The van der Waals surface area contributed by atoms with E-state index in [0.29, 0.717) is 0 Å². The normalized spacial score (nSPS) is 15.0. The highest BCUT2D eigenvalue weighted by Gasteiger charge is 2.22. The zero-order valence-electron chi connectivity index (χ0n) is 12.6. The average molecular weight is 313 g/mol. The summed E-state index contributed by atoms with van der Waals surface area (Å²) in [7, 11) is 0. The highest BCUT2D eigenvalue weighted by Crippen LogP contribution is 2.17. The van der Waals surface area contributed by atoms with E-state index in [1.54, 1.807) is 18.0 Å². The smallest absolute Gasteiger partial charge is 0.253 e. The summed E-state index contributed by atoms with van der Waals surface area (Å²) in [6.07, 6.45) is 3.84. The van der Waals surface area contributed by atoms with E-state index < -0.39 is 0 Å². The van der Waals surface area contributed by atoms with E-state index in [4.69, 9.17) is 0 Å². The maximum Gasteiger partial charge on any atom is 0.253 e. The monoisotopic (exact) mass is 313 g/mol. The van der Waals surface area contributed by atoms with E-state index in [9.17, 15) is 4.79 Å². The van der Waals surface area contributed by atoms with Crippen LogP contribution in [0.1, 0.15) is 10.4 Å². The van der Waals surface area contributed by atoms with Gasteiger partial charge in [0, 0.05) is 42.8 Å². The van der Waals surface area contributed by atoms with Crippen LogP contribution in [-0.2, 0) is 0 Å². The third-order valence-corrected chi connectivity index (χ3v) is 4.62. The lowest BCUT2D eigenvalue weighted by Crippen LogP contribution is -2.49. The van der Waals surface area contributed by atoms with Crippen LogP contribution in [0.3, 0.4) is 0 Å². The van der Waals surface area contributed by atoms with Crippen LogP contribution in [0.15, 0.2) is 53.6 Å². The van der Waals surface area contributed by atoms with Gasteiger partial charge in [-0.05, 0) is 42.7 Å². The number of carbonyl (C=O) groups excluding carboxylic acids is 1. The predicted molar refractivity (Wildman–Crippen MR) is 90.6 cm³/mol. The Morgan fingerprint density at radius 1 is 1.05 bits per heavy atom. The molecular formula is C17H19N3OS. The van der Waals surface area contributed by atoms with Gasteiger partial charge >= 0.3 is 0 Å². The summed E-state index contributed by atoms with van der Waals surface area (Å²) in [5.74, 6) is 1.10. The summed E-state index contributed by atoms with van der Waals surface area (Å²) in [4.78, 5) is 22.2. The average Bonchev–Trinajstić information content (AvgIpc) is 2.62. The first-order valence-electron chi connectivity index (χ1n) is 7.37. The van der Waals surface area contributed by atoms with Gasteiger partial charge in [-0.1, -0.05) is 6.07 Å². The second-order valence-corrected chi connectivity index (χ2v) is 6.08. The van der Waals surface area contributed by atoms with Crippen LogP contribution in [0.4, 0.5) is 5.82 Å². The highest BCUT2D eigenvalue weighted by atomic mass is 32.2.